The van der Waals surface area contributed by atoms with Crippen LogP contribution in [-0.4, -0.2) is 17.4 Å². The number of hydrogen-bond acceptors (Lipinski definition) is 4. The van der Waals surface area contributed by atoms with Gasteiger partial charge >= 0.3 is 0 Å². The van der Waals surface area contributed by atoms with Crippen LogP contribution >= 0.6 is 11.3 Å². The first-order chi connectivity index (χ1) is 15.1. The van der Waals surface area contributed by atoms with Crippen molar-refractivity contribution < 1.29 is 4.79 Å². The molecule has 1 aliphatic carbocycles. The van der Waals surface area contributed by atoms with Crippen molar-refractivity contribution in [1.29, 1.82) is 5.26 Å². The van der Waals surface area contributed by atoms with E-state index in [4.69, 9.17) is 0 Å². The molecule has 1 atom stereocenters. The topological polar surface area (TPSA) is 56.1 Å². The number of thiophene rings is 1. The first-order valence-electron chi connectivity index (χ1n) is 10.8. The molecule has 0 saturated carbocycles. The third kappa shape index (κ3) is 5.41. The zero-order valence-electron chi connectivity index (χ0n) is 17.8. The molecule has 0 fully saturated rings. The Morgan fingerprint density at radius 3 is 2.29 bits per heavy atom. The van der Waals surface area contributed by atoms with Crippen LogP contribution < -0.4 is 5.32 Å². The molecule has 0 aliphatic heterocycles. The number of anilines is 1. The molecule has 1 N–H and O–H groups in total. The zero-order chi connectivity index (χ0) is 21.6. The number of carbonyl (C=O) groups is 1. The average molecular weight is 430 g/mol. The van der Waals surface area contributed by atoms with Crippen molar-refractivity contribution in [2.45, 2.75) is 39.3 Å². The molecule has 1 amide bonds. The summed E-state index contributed by atoms with van der Waals surface area (Å²) in [4.78, 5) is 16.4. The highest BCUT2D eigenvalue weighted by Gasteiger charge is 2.25. The van der Waals surface area contributed by atoms with Gasteiger partial charge in [0.05, 0.1) is 12.1 Å². The highest BCUT2D eigenvalue weighted by Crippen LogP contribution is 2.39. The van der Waals surface area contributed by atoms with Crippen LogP contribution in [0.25, 0.3) is 0 Å². The Kier molecular flexibility index (Phi) is 6.81. The van der Waals surface area contributed by atoms with Gasteiger partial charge in [0.15, 0.2) is 0 Å². The normalized spacial score (nSPS) is 15.3. The monoisotopic (exact) mass is 429 g/mol. The number of amides is 1. The van der Waals surface area contributed by atoms with Crippen LogP contribution in [0.15, 0.2) is 60.7 Å². The number of nitrogens with zero attached hydrogens (tertiary/aromatic N) is 2. The van der Waals surface area contributed by atoms with Gasteiger partial charge in [0.2, 0.25) is 5.91 Å². The molecule has 1 aliphatic rings. The molecule has 4 rings (SSSR count). The lowest BCUT2D eigenvalue weighted by Crippen LogP contribution is -2.32. The zero-order valence-corrected chi connectivity index (χ0v) is 18.6. The van der Waals surface area contributed by atoms with Gasteiger partial charge in [-0.1, -0.05) is 67.6 Å². The second-order valence-electron chi connectivity index (χ2n) is 8.33. The van der Waals surface area contributed by atoms with Gasteiger partial charge in [-0.3, -0.25) is 9.69 Å². The minimum atomic E-state index is -0.0741. The molecule has 0 radical (unpaired) electrons. The Morgan fingerprint density at radius 1 is 1.10 bits per heavy atom. The Hall–Kier alpha value is -2.94. The summed E-state index contributed by atoms with van der Waals surface area (Å²) in [6, 6.07) is 22.7. The molecule has 1 heterocycles. The molecule has 5 heteroatoms. The Balaban J connectivity index is 1.49. The van der Waals surface area contributed by atoms with E-state index in [2.05, 4.69) is 47.5 Å². The Labute approximate surface area is 188 Å². The SMILES string of the molecule is C[C@H]1CCc2c(sc(NC(=O)CN(Cc3ccccc3)Cc3ccccc3)c2C#N)C1. The fourth-order valence-corrected chi connectivity index (χ4v) is 5.55. The molecule has 4 nitrogen and oxygen atoms in total. The second-order valence-corrected chi connectivity index (χ2v) is 9.44. The van der Waals surface area contributed by atoms with Crippen LogP contribution in [0.5, 0.6) is 0 Å². The second kappa shape index (κ2) is 9.91. The van der Waals surface area contributed by atoms with E-state index in [1.54, 1.807) is 11.3 Å². The summed E-state index contributed by atoms with van der Waals surface area (Å²) < 4.78 is 0. The van der Waals surface area contributed by atoms with Gasteiger partial charge in [-0.25, -0.2) is 0 Å². The van der Waals surface area contributed by atoms with Crippen LogP contribution in [0, 0.1) is 17.2 Å². The molecule has 31 heavy (non-hydrogen) atoms. The molecule has 3 aromatic rings. The summed E-state index contributed by atoms with van der Waals surface area (Å²) in [7, 11) is 0. The minimum Gasteiger partial charge on any atom is -0.315 e. The number of fused-ring (bicyclic) bond motifs is 1. The standard InChI is InChI=1S/C26H27N3OS/c1-19-12-13-22-23(15-27)26(31-24(22)14-19)28-25(30)18-29(16-20-8-4-2-5-9-20)17-21-10-6-3-7-11-21/h2-11,19H,12-14,16-18H2,1H3,(H,28,30)/t19-/m0/s1. The predicted molar refractivity (Wildman–Crippen MR) is 126 cm³/mol. The minimum absolute atomic E-state index is 0.0741. The van der Waals surface area contributed by atoms with Gasteiger partial charge < -0.3 is 5.32 Å². The van der Waals surface area contributed by atoms with E-state index in [0.29, 0.717) is 29.6 Å². The van der Waals surface area contributed by atoms with E-state index in [9.17, 15) is 10.1 Å². The largest absolute Gasteiger partial charge is 0.315 e. The maximum Gasteiger partial charge on any atom is 0.239 e. The quantitative estimate of drug-likeness (QED) is 0.548. The van der Waals surface area contributed by atoms with E-state index < -0.39 is 0 Å². The van der Waals surface area contributed by atoms with Crippen molar-refractivity contribution >= 4 is 22.2 Å². The summed E-state index contributed by atoms with van der Waals surface area (Å²) >= 11 is 1.58. The predicted octanol–water partition coefficient (Wildman–Crippen LogP) is 5.39. The van der Waals surface area contributed by atoms with Crippen molar-refractivity contribution in [3.05, 3.63) is 87.8 Å². The summed E-state index contributed by atoms with van der Waals surface area (Å²) in [5.74, 6) is 0.559. The smallest absolute Gasteiger partial charge is 0.239 e. The third-order valence-electron chi connectivity index (χ3n) is 5.74. The lowest BCUT2D eigenvalue weighted by atomic mass is 9.89. The van der Waals surface area contributed by atoms with Gasteiger partial charge in [-0.2, -0.15) is 5.26 Å². The average Bonchev–Trinajstić information content (AvgIpc) is 3.10. The van der Waals surface area contributed by atoms with Crippen LogP contribution in [0.1, 0.15) is 40.5 Å². The lowest BCUT2D eigenvalue weighted by molar-refractivity contribution is -0.117. The van der Waals surface area contributed by atoms with Gasteiger partial charge in [0, 0.05) is 18.0 Å². The van der Waals surface area contributed by atoms with Crippen LogP contribution in [0.3, 0.4) is 0 Å². The van der Waals surface area contributed by atoms with Gasteiger partial charge in [-0.15, -0.1) is 11.3 Å². The molecule has 2 aromatic carbocycles. The van der Waals surface area contributed by atoms with Gasteiger partial charge in [-0.05, 0) is 41.9 Å². The molecule has 0 unspecified atom stereocenters. The fraction of sp³-hybridized carbons (Fsp3) is 0.308. The Morgan fingerprint density at radius 2 is 1.71 bits per heavy atom. The fourth-order valence-electron chi connectivity index (χ4n) is 4.18. The molecular formula is C26H27N3OS. The van der Waals surface area contributed by atoms with Crippen LogP contribution in [0.2, 0.25) is 0 Å². The third-order valence-corrected chi connectivity index (χ3v) is 6.91. The van der Waals surface area contributed by atoms with Crippen molar-refractivity contribution in [2.24, 2.45) is 5.92 Å². The first kappa shape index (κ1) is 21.3. The maximum atomic E-state index is 13.0. The lowest BCUT2D eigenvalue weighted by Gasteiger charge is -2.22. The molecular weight excluding hydrogens is 402 g/mol. The number of rotatable bonds is 7. The van der Waals surface area contributed by atoms with E-state index in [0.717, 1.165) is 24.8 Å². The maximum absolute atomic E-state index is 13.0. The first-order valence-corrected chi connectivity index (χ1v) is 11.6. The van der Waals surface area contributed by atoms with Crippen molar-refractivity contribution in [2.75, 3.05) is 11.9 Å². The van der Waals surface area contributed by atoms with Gasteiger partial charge in [0.25, 0.3) is 0 Å². The number of carbonyl (C=O) groups excluding carboxylic acids is 1. The Bertz CT molecular complexity index is 1030. The van der Waals surface area contributed by atoms with Crippen molar-refractivity contribution in [3.63, 3.8) is 0 Å². The van der Waals surface area contributed by atoms with E-state index in [-0.39, 0.29) is 12.5 Å². The van der Waals surface area contributed by atoms with Crippen LogP contribution in [0.4, 0.5) is 5.00 Å². The highest BCUT2D eigenvalue weighted by molar-refractivity contribution is 7.16. The number of benzene rings is 2. The molecule has 0 saturated heterocycles. The highest BCUT2D eigenvalue weighted by atomic mass is 32.1. The number of hydrogen-bond donors (Lipinski definition) is 1. The number of nitriles is 1. The van der Waals surface area contributed by atoms with E-state index >= 15 is 0 Å². The molecule has 1 aromatic heterocycles. The molecule has 158 valence electrons. The van der Waals surface area contributed by atoms with E-state index in [1.807, 2.05) is 36.4 Å². The van der Waals surface area contributed by atoms with Crippen molar-refractivity contribution in [1.82, 2.24) is 4.90 Å². The summed E-state index contributed by atoms with van der Waals surface area (Å²) in [5.41, 5.74) is 4.15. The summed E-state index contributed by atoms with van der Waals surface area (Å²) in [6.45, 7) is 3.89. The number of nitrogens with one attached hydrogen (secondary N) is 1. The van der Waals surface area contributed by atoms with Gasteiger partial charge in [0.1, 0.15) is 11.1 Å². The molecule has 0 spiro atoms. The van der Waals surface area contributed by atoms with Crippen LogP contribution in [-0.2, 0) is 30.7 Å². The summed E-state index contributed by atoms with van der Waals surface area (Å²) in [6.07, 6.45) is 3.03. The summed E-state index contributed by atoms with van der Waals surface area (Å²) in [5, 5.41) is 13.5. The van der Waals surface area contributed by atoms with Crippen molar-refractivity contribution in [3.8, 4) is 6.07 Å². The molecule has 0 bridgehead atoms. The van der Waals surface area contributed by atoms with E-state index in [1.165, 1.54) is 16.0 Å².